The summed E-state index contributed by atoms with van der Waals surface area (Å²) in [6, 6.07) is 13.4. The Bertz CT molecular complexity index is 1150. The third-order valence-corrected chi connectivity index (χ3v) is 5.00. The van der Waals surface area contributed by atoms with Gasteiger partial charge in [0.15, 0.2) is 22.3 Å². The molecule has 150 valence electrons. The summed E-state index contributed by atoms with van der Waals surface area (Å²) in [5.41, 5.74) is 7.51. The highest BCUT2D eigenvalue weighted by Gasteiger charge is 2.19. The van der Waals surface area contributed by atoms with Gasteiger partial charge in [0, 0.05) is 11.9 Å². The van der Waals surface area contributed by atoms with Gasteiger partial charge in [0.05, 0.1) is 10.5 Å². The van der Waals surface area contributed by atoms with Crippen LogP contribution in [0.1, 0.15) is 21.7 Å². The number of hydrogen-bond donors (Lipinski definition) is 2. The van der Waals surface area contributed by atoms with Crippen LogP contribution in [0.3, 0.4) is 0 Å². The van der Waals surface area contributed by atoms with Gasteiger partial charge in [0.2, 0.25) is 11.9 Å². The Labute approximate surface area is 167 Å². The van der Waals surface area contributed by atoms with E-state index in [2.05, 4.69) is 20.3 Å². The number of nitrogen functional groups attached to an aromatic ring is 1. The van der Waals surface area contributed by atoms with E-state index >= 15 is 0 Å². The van der Waals surface area contributed by atoms with Crippen LogP contribution < -0.4 is 11.1 Å². The Balaban J connectivity index is 1.75. The van der Waals surface area contributed by atoms with E-state index < -0.39 is 15.8 Å². The number of anilines is 3. The summed E-state index contributed by atoms with van der Waals surface area (Å²) in [6.45, 7) is 1.67. The molecule has 0 spiro atoms. The van der Waals surface area contributed by atoms with Gasteiger partial charge < -0.3 is 15.8 Å². The molecule has 0 saturated carbocycles. The number of ether oxygens (including phenoxy) is 1. The van der Waals surface area contributed by atoms with E-state index in [0.717, 1.165) is 17.5 Å². The quantitative estimate of drug-likeness (QED) is 0.583. The number of aromatic nitrogens is 3. The van der Waals surface area contributed by atoms with Crippen molar-refractivity contribution in [1.82, 2.24) is 15.0 Å². The fourth-order valence-corrected chi connectivity index (χ4v) is 3.37. The Kier molecular flexibility index (Phi) is 5.74. The zero-order valence-electron chi connectivity index (χ0n) is 15.8. The average molecular weight is 413 g/mol. The first-order chi connectivity index (χ1) is 13.7. The minimum Gasteiger partial charge on any atom is -0.454 e. The van der Waals surface area contributed by atoms with Crippen molar-refractivity contribution >= 4 is 33.4 Å². The van der Waals surface area contributed by atoms with E-state index in [1.807, 2.05) is 31.2 Å². The van der Waals surface area contributed by atoms with Crippen molar-refractivity contribution in [3.63, 3.8) is 0 Å². The third kappa shape index (κ3) is 5.26. The number of nitrogens with zero attached hydrogens (tertiary/aromatic N) is 3. The molecule has 0 bridgehead atoms. The van der Waals surface area contributed by atoms with Gasteiger partial charge in [-0.15, -0.1) is 0 Å². The largest absolute Gasteiger partial charge is 0.454 e. The van der Waals surface area contributed by atoms with Gasteiger partial charge in [-0.25, -0.2) is 13.2 Å². The van der Waals surface area contributed by atoms with Gasteiger partial charge in [0.1, 0.15) is 0 Å². The van der Waals surface area contributed by atoms with Gasteiger partial charge in [-0.2, -0.15) is 15.0 Å². The van der Waals surface area contributed by atoms with Gasteiger partial charge >= 0.3 is 5.97 Å². The standard InChI is InChI=1S/C19H19N5O4S/c1-12-7-9-13(10-8-12)21-19-23-16(22-18(20)24-19)11-28-17(25)14-5-3-4-6-15(14)29(2,26)27/h3-10H,11H2,1-2H3,(H3,20,21,22,23,24). The molecule has 0 unspecified atom stereocenters. The van der Waals surface area contributed by atoms with Crippen LogP contribution in [0.5, 0.6) is 0 Å². The summed E-state index contributed by atoms with van der Waals surface area (Å²) in [5.74, 6) is -0.531. The third-order valence-electron chi connectivity index (χ3n) is 3.85. The van der Waals surface area contributed by atoms with Crippen LogP contribution in [0.2, 0.25) is 0 Å². The summed E-state index contributed by atoms with van der Waals surface area (Å²) >= 11 is 0. The lowest BCUT2D eigenvalue weighted by Crippen LogP contribution is -2.13. The SMILES string of the molecule is Cc1ccc(Nc2nc(N)nc(COC(=O)c3ccccc3S(C)(=O)=O)n2)cc1. The molecule has 10 heteroatoms. The maximum Gasteiger partial charge on any atom is 0.339 e. The Hall–Kier alpha value is -3.53. The second-order valence-corrected chi connectivity index (χ2v) is 8.25. The number of nitrogens with one attached hydrogen (secondary N) is 1. The zero-order chi connectivity index (χ0) is 21.0. The number of carbonyl (C=O) groups excluding carboxylic acids is 1. The van der Waals surface area contributed by atoms with Crippen LogP contribution >= 0.6 is 0 Å². The first-order valence-electron chi connectivity index (χ1n) is 8.53. The first kappa shape index (κ1) is 20.2. The smallest absolute Gasteiger partial charge is 0.339 e. The van der Waals surface area contributed by atoms with E-state index in [-0.39, 0.29) is 34.8 Å². The van der Waals surface area contributed by atoms with Crippen molar-refractivity contribution in [2.45, 2.75) is 18.4 Å². The molecule has 3 rings (SSSR count). The van der Waals surface area contributed by atoms with Crippen molar-refractivity contribution in [3.05, 3.63) is 65.5 Å². The van der Waals surface area contributed by atoms with Crippen molar-refractivity contribution in [2.75, 3.05) is 17.3 Å². The maximum absolute atomic E-state index is 12.4. The summed E-state index contributed by atoms with van der Waals surface area (Å²) in [4.78, 5) is 24.4. The predicted octanol–water partition coefficient (Wildman–Crippen LogP) is 2.27. The van der Waals surface area contributed by atoms with E-state index in [1.165, 1.54) is 18.2 Å². The molecule has 0 radical (unpaired) electrons. The highest BCUT2D eigenvalue weighted by molar-refractivity contribution is 7.90. The summed E-state index contributed by atoms with van der Waals surface area (Å²) in [5, 5.41) is 3.00. The molecule has 1 aromatic heterocycles. The molecule has 9 nitrogen and oxygen atoms in total. The van der Waals surface area contributed by atoms with Gasteiger partial charge in [-0.1, -0.05) is 29.8 Å². The van der Waals surface area contributed by atoms with Crippen LogP contribution in [-0.2, 0) is 21.2 Å². The fraction of sp³-hybridized carbons (Fsp3) is 0.158. The lowest BCUT2D eigenvalue weighted by molar-refractivity contribution is 0.0457. The number of nitrogens with two attached hydrogens (primary N) is 1. The highest BCUT2D eigenvalue weighted by Crippen LogP contribution is 2.18. The molecule has 0 aliphatic carbocycles. The van der Waals surface area contributed by atoms with Crippen LogP contribution in [0.4, 0.5) is 17.6 Å². The topological polar surface area (TPSA) is 137 Å². The number of sulfone groups is 1. The first-order valence-corrected chi connectivity index (χ1v) is 10.4. The Morgan fingerprint density at radius 2 is 1.76 bits per heavy atom. The molecule has 3 N–H and O–H groups in total. The number of aryl methyl sites for hydroxylation is 1. The number of benzene rings is 2. The number of carbonyl (C=O) groups is 1. The molecule has 0 amide bonds. The summed E-state index contributed by atoms with van der Waals surface area (Å²) < 4.78 is 28.9. The minimum atomic E-state index is -3.58. The second-order valence-electron chi connectivity index (χ2n) is 6.27. The van der Waals surface area contributed by atoms with Crippen molar-refractivity contribution < 1.29 is 17.9 Å². The van der Waals surface area contributed by atoms with Crippen molar-refractivity contribution in [2.24, 2.45) is 0 Å². The van der Waals surface area contributed by atoms with E-state index in [9.17, 15) is 13.2 Å². The van der Waals surface area contributed by atoms with Crippen molar-refractivity contribution in [1.29, 1.82) is 0 Å². The molecule has 0 aliphatic heterocycles. The monoisotopic (exact) mass is 413 g/mol. The Morgan fingerprint density at radius 3 is 2.45 bits per heavy atom. The van der Waals surface area contributed by atoms with Crippen LogP contribution in [-0.4, -0.2) is 35.6 Å². The molecule has 1 heterocycles. The van der Waals surface area contributed by atoms with E-state index in [0.29, 0.717) is 0 Å². The fourth-order valence-electron chi connectivity index (χ4n) is 2.49. The average Bonchev–Trinajstić information content (AvgIpc) is 2.67. The van der Waals surface area contributed by atoms with Gasteiger partial charge in [-0.3, -0.25) is 0 Å². The predicted molar refractivity (Wildman–Crippen MR) is 107 cm³/mol. The molecular weight excluding hydrogens is 394 g/mol. The number of esters is 1. The van der Waals surface area contributed by atoms with Crippen LogP contribution in [0.25, 0.3) is 0 Å². The maximum atomic E-state index is 12.4. The van der Waals surface area contributed by atoms with Crippen LogP contribution in [0.15, 0.2) is 53.4 Å². The van der Waals surface area contributed by atoms with E-state index in [1.54, 1.807) is 6.07 Å². The second kappa shape index (κ2) is 8.23. The zero-order valence-corrected chi connectivity index (χ0v) is 16.6. The molecular formula is C19H19N5O4S. The normalized spacial score (nSPS) is 11.1. The highest BCUT2D eigenvalue weighted by atomic mass is 32.2. The van der Waals surface area contributed by atoms with Gasteiger partial charge in [-0.05, 0) is 31.2 Å². The summed E-state index contributed by atoms with van der Waals surface area (Å²) in [6.07, 6.45) is 1.02. The lowest BCUT2D eigenvalue weighted by atomic mass is 10.2. The minimum absolute atomic E-state index is 0.0443. The Morgan fingerprint density at radius 1 is 1.07 bits per heavy atom. The van der Waals surface area contributed by atoms with Gasteiger partial charge in [0.25, 0.3) is 0 Å². The van der Waals surface area contributed by atoms with Crippen LogP contribution in [0, 0.1) is 6.92 Å². The molecule has 2 aromatic carbocycles. The number of hydrogen-bond acceptors (Lipinski definition) is 9. The lowest BCUT2D eigenvalue weighted by Gasteiger charge is -2.09. The molecule has 0 atom stereocenters. The molecule has 3 aromatic rings. The molecule has 0 aliphatic rings. The van der Waals surface area contributed by atoms with Crippen molar-refractivity contribution in [3.8, 4) is 0 Å². The number of rotatable bonds is 6. The summed E-state index contributed by atoms with van der Waals surface area (Å²) in [7, 11) is -3.58. The molecule has 29 heavy (non-hydrogen) atoms. The molecule has 0 saturated heterocycles. The van der Waals surface area contributed by atoms with E-state index in [4.69, 9.17) is 10.5 Å². The molecule has 0 fully saturated rings.